The molecule has 6 aromatic rings. The Bertz CT molecular complexity index is 3690. The fraction of sp³-hybridized carbons (Fsp3) is 0.559. The Kier molecular flexibility index (Phi) is 16.6. The van der Waals surface area contributed by atoms with Gasteiger partial charge in [-0.15, -0.1) is 0 Å². The van der Waals surface area contributed by atoms with Gasteiger partial charge in [-0.1, -0.05) is 4.98 Å². The number of aromatic amines is 2. The lowest BCUT2D eigenvalue weighted by Crippen LogP contribution is -2.46. The summed E-state index contributed by atoms with van der Waals surface area (Å²) >= 11 is 0. The van der Waals surface area contributed by atoms with Crippen molar-refractivity contribution >= 4 is 90.1 Å². The minimum atomic E-state index is -6.84. The van der Waals surface area contributed by atoms with Crippen molar-refractivity contribution in [1.29, 1.82) is 0 Å². The predicted molar refractivity (Wildman–Crippen MR) is 248 cm³/mol. The molecule has 3 saturated heterocycles. The first-order valence-electron chi connectivity index (χ1n) is 22.5. The van der Waals surface area contributed by atoms with E-state index in [0.29, 0.717) is 0 Å². The second-order valence-electron chi connectivity index (χ2n) is 17.4. The van der Waals surface area contributed by atoms with Crippen molar-refractivity contribution in [2.24, 2.45) is 7.05 Å². The number of nitrogens with zero attached hydrogens (tertiary/aromatic N) is 10. The Hall–Kier alpha value is -4.96. The monoisotopic (exact) mass is 1230 g/mol. The zero-order valence-corrected chi connectivity index (χ0v) is 45.4. The second-order valence-corrected chi connectivity index (χ2v) is 25.2. The van der Waals surface area contributed by atoms with E-state index in [1.807, 2.05) is 0 Å². The zero-order valence-electron chi connectivity index (χ0n) is 41.0. The number of ether oxygens (including phenoxy) is 5. The number of aliphatic hydroxyl groups is 3. The second kappa shape index (κ2) is 22.3. The van der Waals surface area contributed by atoms with Gasteiger partial charge in [0.1, 0.15) is 68.3 Å². The first kappa shape index (κ1) is 59.7. The van der Waals surface area contributed by atoms with Crippen molar-refractivity contribution in [1.82, 2.24) is 53.6 Å². The van der Waals surface area contributed by atoms with E-state index in [1.165, 1.54) is 25.0 Å². The van der Waals surface area contributed by atoms with Gasteiger partial charge in [0.05, 0.1) is 39.0 Å². The number of phosphoric acid groups is 4. The third-order valence-electron chi connectivity index (χ3n) is 12.2. The lowest BCUT2D eigenvalue weighted by Gasteiger charge is -2.38. The van der Waals surface area contributed by atoms with E-state index >= 15 is 0 Å². The van der Waals surface area contributed by atoms with Gasteiger partial charge in [-0.25, -0.2) is 33.1 Å². The molecule has 9 heterocycles. The summed E-state index contributed by atoms with van der Waals surface area (Å²) in [6, 6.07) is 0. The number of H-pyrrole nitrogens is 2. The first-order valence-corrected chi connectivity index (χ1v) is 30.1. The molecule has 46 heteroatoms. The van der Waals surface area contributed by atoms with Crippen LogP contribution in [0.15, 0.2) is 34.9 Å². The molecular formula is C34H44N15O26P5-4. The summed E-state index contributed by atoms with van der Waals surface area (Å²) in [4.78, 5) is 119. The molecule has 3 aliphatic rings. The highest BCUT2D eigenvalue weighted by molar-refractivity contribution is 7.69. The molecule has 3 fully saturated rings. The number of nitrogens with one attached hydrogen (secondary N) is 3. The van der Waals surface area contributed by atoms with Crippen LogP contribution < -0.4 is 56.9 Å². The van der Waals surface area contributed by atoms with Crippen molar-refractivity contribution in [3.63, 3.8) is 0 Å². The van der Waals surface area contributed by atoms with Crippen molar-refractivity contribution in [2.75, 3.05) is 57.4 Å². The number of aryl methyl sites for hydroxylation is 1. The Labute approximate surface area is 444 Å². The average Bonchev–Trinajstić information content (AvgIpc) is 4.30. The maximum atomic E-state index is 13.6. The summed E-state index contributed by atoms with van der Waals surface area (Å²) in [7, 11) is -27.0. The van der Waals surface area contributed by atoms with Gasteiger partial charge in [0.25, 0.3) is 48.4 Å². The Morgan fingerprint density at radius 2 is 1.30 bits per heavy atom. The van der Waals surface area contributed by atoms with Crippen LogP contribution in [0.25, 0.3) is 33.5 Å². The van der Waals surface area contributed by atoms with Crippen LogP contribution in [-0.2, 0) is 80.1 Å². The normalized spacial score (nSPS) is 30.1. The van der Waals surface area contributed by atoms with Gasteiger partial charge < -0.3 is 98.4 Å². The summed E-state index contributed by atoms with van der Waals surface area (Å²) in [5.74, 6) is -0.505. The van der Waals surface area contributed by atoms with E-state index in [4.69, 9.17) is 44.2 Å². The van der Waals surface area contributed by atoms with E-state index in [1.54, 1.807) is 0 Å². The molecule has 17 atom stereocenters. The van der Waals surface area contributed by atoms with Crippen LogP contribution in [0.3, 0.4) is 0 Å². The van der Waals surface area contributed by atoms with Gasteiger partial charge in [0.15, 0.2) is 41.4 Å². The summed E-state index contributed by atoms with van der Waals surface area (Å²) in [6.07, 6.45) is -18.3. The molecular weight excluding hydrogens is 1190 g/mol. The van der Waals surface area contributed by atoms with Gasteiger partial charge in [0.2, 0.25) is 17.7 Å². The van der Waals surface area contributed by atoms with Crippen molar-refractivity contribution < 1.29 is 117 Å². The first-order chi connectivity index (χ1) is 37.4. The van der Waals surface area contributed by atoms with Gasteiger partial charge in [-0.3, -0.25) is 55.8 Å². The number of aromatic nitrogens is 12. The Balaban J connectivity index is 0.879. The lowest BCUT2D eigenvalue weighted by molar-refractivity contribution is -0.745. The summed E-state index contributed by atoms with van der Waals surface area (Å²) in [5, 5.41) is 35.5. The SMILES string of the molecule is CNc1ncnc2c1ncn2[C@@H]1O[C@H](CP(=O)([O-])OP(=O)([O-])OP(=O)([O-])OP(=O)([O-])OC[C@H]2O[C@@H]([n+]3cn(C)c4c(=O)[nH]c(N)nc43)C(O)[C@H]2OC)C(OP(=O)([O-])OC[C@H]2O[C@@H](n3cnc4c(=O)[nH]c(N)nc43)[C@@H](O)C2O)[C@@H]1OC. The van der Waals surface area contributed by atoms with Gasteiger partial charge in [-0.05, 0) is 0 Å². The number of aliphatic hydroxyl groups excluding tert-OH is 3. The van der Waals surface area contributed by atoms with Crippen LogP contribution in [-0.4, -0.2) is 164 Å². The number of hydrogen-bond donors (Lipinski definition) is 8. The number of hydrogen-bond acceptors (Lipinski definition) is 35. The van der Waals surface area contributed by atoms with Crippen LogP contribution in [0, 0.1) is 0 Å². The number of imidazole rings is 3. The third-order valence-corrected chi connectivity index (χ3v) is 19.4. The van der Waals surface area contributed by atoms with Crippen molar-refractivity contribution in [2.45, 2.75) is 73.6 Å². The lowest BCUT2D eigenvalue weighted by atomic mass is 10.1. The van der Waals surface area contributed by atoms with E-state index in [9.17, 15) is 72.2 Å². The molecule has 0 radical (unpaired) electrons. The summed E-state index contributed by atoms with van der Waals surface area (Å²) < 4.78 is 125. The van der Waals surface area contributed by atoms with Crippen LogP contribution in [0.1, 0.15) is 18.7 Å². The molecule has 41 nitrogen and oxygen atoms in total. The zero-order chi connectivity index (χ0) is 58.2. The molecule has 0 aliphatic carbocycles. The summed E-state index contributed by atoms with van der Waals surface area (Å²) in [6.45, 7) is -2.33. The maximum absolute atomic E-state index is 13.6. The van der Waals surface area contributed by atoms with Crippen LogP contribution in [0.5, 0.6) is 0 Å². The van der Waals surface area contributed by atoms with Crippen LogP contribution in [0.4, 0.5) is 17.7 Å². The average molecular weight is 1230 g/mol. The number of nitrogen functional groups attached to an aromatic ring is 2. The summed E-state index contributed by atoms with van der Waals surface area (Å²) in [5.41, 5.74) is 9.36. The van der Waals surface area contributed by atoms with Crippen molar-refractivity contribution in [3.05, 3.63) is 46.0 Å². The number of anilines is 3. The molecule has 80 heavy (non-hydrogen) atoms. The molecule has 10 N–H and O–H groups in total. The fourth-order valence-corrected chi connectivity index (χ4v) is 15.4. The van der Waals surface area contributed by atoms with Gasteiger partial charge in [0, 0.05) is 27.4 Å². The molecule has 0 spiro atoms. The highest BCUT2D eigenvalue weighted by atomic mass is 31.3. The number of nitrogens with two attached hydrogens (primary N) is 2. The molecule has 9 rings (SSSR count). The van der Waals surface area contributed by atoms with Crippen molar-refractivity contribution in [3.8, 4) is 0 Å². The smallest absolute Gasteiger partial charge is 0.313 e. The Morgan fingerprint density at radius 3 is 1.99 bits per heavy atom. The minimum Gasteiger partial charge on any atom is -0.778 e. The highest BCUT2D eigenvalue weighted by Gasteiger charge is 2.52. The number of fused-ring (bicyclic) bond motifs is 3. The molecule has 0 aromatic carbocycles. The molecule has 0 bridgehead atoms. The number of methoxy groups -OCH3 is 2. The largest absolute Gasteiger partial charge is 0.778 e. The highest BCUT2D eigenvalue weighted by Crippen LogP contribution is 2.67. The molecule has 8 unspecified atom stereocenters. The van der Waals surface area contributed by atoms with Gasteiger partial charge >= 0.3 is 5.65 Å². The van der Waals surface area contributed by atoms with Crippen LogP contribution >= 0.6 is 38.9 Å². The molecule has 3 aliphatic heterocycles. The quantitative estimate of drug-likeness (QED) is 0.0231. The molecule has 0 amide bonds. The van der Waals surface area contributed by atoms with E-state index in [-0.39, 0.29) is 51.2 Å². The number of rotatable bonds is 22. The van der Waals surface area contributed by atoms with Gasteiger partial charge in [-0.2, -0.15) is 4.98 Å². The fourth-order valence-electron chi connectivity index (χ4n) is 8.95. The van der Waals surface area contributed by atoms with E-state index in [2.05, 4.69) is 62.6 Å². The topological polar surface area (TPSA) is 589 Å². The number of phosphoric ester groups is 2. The molecule has 0 saturated carbocycles. The van der Waals surface area contributed by atoms with Crippen LogP contribution in [0.2, 0.25) is 0 Å². The predicted octanol–water partition coefficient (Wildman–Crippen LogP) is -6.57. The standard InChI is InChI=1S/C34H48N15O26P5/c1-37-24-15-25(39-8-38-24)47(9-40-15)32-23(66-4)22(72-77(57,58)67-5-12-18(50)19(51)30(69-12)48-10-41-16-26(48)42-33(35)44-28(16)53)14(71-32)7-76(55,56)73-79(61,62)75-80(63,64)74-78(59,60)68-6-13-21(65-3)20(52)31(70-13)49-11-46(2)17-27(49)43-34(36)45-29(17)54/h8-14,18-23,30-32,50-52H,5-7H2,1-4H3,(H11-,35,36,37,38,39,42,43,44,45,53,54,55,56,57,58,59,60,61,62,63,64)/p-4/t12-,13-,14-,18?,19+,20?,21+,22?,23+,30-,31-,32-/m1/s1. The molecule has 6 aromatic heterocycles. The van der Waals surface area contributed by atoms with E-state index < -0.39 is 143 Å². The Morgan fingerprint density at radius 1 is 0.700 bits per heavy atom. The molecule has 440 valence electrons. The third kappa shape index (κ3) is 12.1. The minimum absolute atomic E-state index is 0.0312. The maximum Gasteiger partial charge on any atom is 0.313 e. The van der Waals surface area contributed by atoms with E-state index in [0.717, 1.165) is 46.9 Å².